The number of halogens is 3. The van der Waals surface area contributed by atoms with Crippen molar-refractivity contribution in [1.82, 2.24) is 20.1 Å². The van der Waals surface area contributed by atoms with Gasteiger partial charge in [0, 0.05) is 44.3 Å². The molecule has 2 heterocycles. The molecule has 1 unspecified atom stereocenters. The number of nitrogens with zero attached hydrogens (tertiary/aromatic N) is 4. The van der Waals surface area contributed by atoms with Crippen molar-refractivity contribution in [2.75, 3.05) is 33.2 Å². The monoisotopic (exact) mass is 349 g/mol. The van der Waals surface area contributed by atoms with Gasteiger partial charge in [0.05, 0.1) is 6.54 Å². The van der Waals surface area contributed by atoms with Gasteiger partial charge in [0.1, 0.15) is 11.0 Å². The van der Waals surface area contributed by atoms with E-state index in [1.54, 1.807) is 18.4 Å². The Morgan fingerprint density at radius 3 is 2.52 bits per heavy atom. The lowest BCUT2D eigenvalue weighted by Crippen LogP contribution is -2.56. The molecule has 1 aliphatic rings. The molecule has 5 nitrogen and oxygen atoms in total. The standard InChI is InChI=1S/C14H22F3N5S/c1-10-9-23-12(20-10)8-19-13(18-3)22-6-4-21(5-7-22)11(2)14(15,16)17/h9,11H,4-8H2,1-3H3,(H,18,19). The van der Waals surface area contributed by atoms with Gasteiger partial charge in [0.25, 0.3) is 0 Å². The summed E-state index contributed by atoms with van der Waals surface area (Å²) in [5, 5.41) is 6.18. The van der Waals surface area contributed by atoms with E-state index in [1.807, 2.05) is 17.2 Å². The molecule has 23 heavy (non-hydrogen) atoms. The zero-order valence-electron chi connectivity index (χ0n) is 13.5. The molecule has 1 aromatic heterocycles. The van der Waals surface area contributed by atoms with Gasteiger partial charge in [-0.2, -0.15) is 13.2 Å². The van der Waals surface area contributed by atoms with Gasteiger partial charge in [-0.15, -0.1) is 11.3 Å². The second-order valence-electron chi connectivity index (χ2n) is 5.52. The molecule has 9 heteroatoms. The van der Waals surface area contributed by atoms with Crippen molar-refractivity contribution in [3.63, 3.8) is 0 Å². The number of piperazine rings is 1. The predicted octanol–water partition coefficient (Wildman–Crippen LogP) is 2.10. The lowest BCUT2D eigenvalue weighted by Gasteiger charge is -2.39. The van der Waals surface area contributed by atoms with Crippen LogP contribution in [0.5, 0.6) is 0 Å². The molecule has 0 amide bonds. The molecule has 2 rings (SSSR count). The molecule has 1 saturated heterocycles. The Morgan fingerprint density at radius 1 is 1.39 bits per heavy atom. The van der Waals surface area contributed by atoms with E-state index in [9.17, 15) is 13.2 Å². The Labute approximate surface area is 138 Å². The normalized spacial score (nSPS) is 19.0. The van der Waals surface area contributed by atoms with Crippen molar-refractivity contribution < 1.29 is 13.2 Å². The number of guanidine groups is 1. The molecule has 0 saturated carbocycles. The molecule has 0 aliphatic carbocycles. The molecule has 1 fully saturated rings. The quantitative estimate of drug-likeness (QED) is 0.670. The molecule has 130 valence electrons. The molecule has 0 spiro atoms. The molecular weight excluding hydrogens is 327 g/mol. The van der Waals surface area contributed by atoms with Crippen LogP contribution in [0.1, 0.15) is 17.6 Å². The van der Waals surface area contributed by atoms with Gasteiger partial charge in [0.2, 0.25) is 0 Å². The fourth-order valence-corrected chi connectivity index (χ4v) is 3.21. The van der Waals surface area contributed by atoms with Gasteiger partial charge in [-0.3, -0.25) is 9.89 Å². The fraction of sp³-hybridized carbons (Fsp3) is 0.714. The SMILES string of the molecule is CN=C(NCc1nc(C)cs1)N1CCN(C(C)C(F)(F)F)CC1. The molecule has 0 radical (unpaired) electrons. The minimum atomic E-state index is -4.18. The topological polar surface area (TPSA) is 43.8 Å². The number of hydrogen-bond acceptors (Lipinski definition) is 4. The Morgan fingerprint density at radius 2 is 2.04 bits per heavy atom. The summed E-state index contributed by atoms with van der Waals surface area (Å²) in [6.45, 7) is 5.52. The summed E-state index contributed by atoms with van der Waals surface area (Å²) < 4.78 is 38.3. The van der Waals surface area contributed by atoms with E-state index in [1.165, 1.54) is 11.8 Å². The van der Waals surface area contributed by atoms with Crippen molar-refractivity contribution in [3.8, 4) is 0 Å². The van der Waals surface area contributed by atoms with Gasteiger partial charge in [-0.25, -0.2) is 4.98 Å². The van der Waals surface area contributed by atoms with Crippen LogP contribution < -0.4 is 5.32 Å². The van der Waals surface area contributed by atoms with Crippen LogP contribution in [0.25, 0.3) is 0 Å². The second-order valence-corrected chi connectivity index (χ2v) is 6.47. The van der Waals surface area contributed by atoms with Crippen LogP contribution in [0.2, 0.25) is 0 Å². The minimum Gasteiger partial charge on any atom is -0.350 e. The maximum Gasteiger partial charge on any atom is 0.403 e. The molecule has 0 bridgehead atoms. The first-order valence-corrected chi connectivity index (χ1v) is 8.36. The van der Waals surface area contributed by atoms with Gasteiger partial charge in [-0.1, -0.05) is 0 Å². The van der Waals surface area contributed by atoms with Crippen molar-refractivity contribution in [2.24, 2.45) is 4.99 Å². The smallest absolute Gasteiger partial charge is 0.350 e. The summed E-state index contributed by atoms with van der Waals surface area (Å²) in [5.41, 5.74) is 0.983. The van der Waals surface area contributed by atoms with E-state index in [0.717, 1.165) is 10.7 Å². The Balaban J connectivity index is 1.85. The first-order valence-electron chi connectivity index (χ1n) is 7.48. The van der Waals surface area contributed by atoms with Crippen LogP contribution in [0, 0.1) is 6.92 Å². The lowest BCUT2D eigenvalue weighted by molar-refractivity contribution is -0.181. The highest BCUT2D eigenvalue weighted by Crippen LogP contribution is 2.25. The van der Waals surface area contributed by atoms with E-state index in [-0.39, 0.29) is 0 Å². The van der Waals surface area contributed by atoms with Crippen molar-refractivity contribution in [1.29, 1.82) is 0 Å². The number of aromatic nitrogens is 1. The number of nitrogens with one attached hydrogen (secondary N) is 1. The number of aliphatic imine (C=N–C) groups is 1. The summed E-state index contributed by atoms with van der Waals surface area (Å²) in [5.74, 6) is 0.706. The number of aryl methyl sites for hydroxylation is 1. The van der Waals surface area contributed by atoms with Crippen LogP contribution in [0.3, 0.4) is 0 Å². The van der Waals surface area contributed by atoms with Crippen molar-refractivity contribution in [3.05, 3.63) is 16.1 Å². The predicted molar refractivity (Wildman–Crippen MR) is 85.7 cm³/mol. The van der Waals surface area contributed by atoms with Crippen LogP contribution in [-0.4, -0.2) is 66.2 Å². The van der Waals surface area contributed by atoms with Crippen LogP contribution >= 0.6 is 11.3 Å². The number of rotatable bonds is 3. The summed E-state index contributed by atoms with van der Waals surface area (Å²) in [6, 6.07) is -1.40. The zero-order valence-corrected chi connectivity index (χ0v) is 14.3. The Bertz CT molecular complexity index is 535. The number of alkyl halides is 3. The summed E-state index contributed by atoms with van der Waals surface area (Å²) in [7, 11) is 1.68. The third-order valence-corrected chi connectivity index (χ3v) is 4.88. The first-order chi connectivity index (χ1) is 10.8. The minimum absolute atomic E-state index is 0.373. The summed E-state index contributed by atoms with van der Waals surface area (Å²) in [4.78, 5) is 12.0. The first kappa shape index (κ1) is 18.0. The zero-order chi connectivity index (χ0) is 17.0. The van der Waals surface area contributed by atoms with Gasteiger partial charge in [0.15, 0.2) is 5.96 Å². The third kappa shape index (κ3) is 4.81. The second kappa shape index (κ2) is 7.48. The largest absolute Gasteiger partial charge is 0.403 e. The Kier molecular flexibility index (Phi) is 5.85. The molecular formula is C14H22F3N5S. The maximum atomic E-state index is 12.8. The van der Waals surface area contributed by atoms with E-state index >= 15 is 0 Å². The highest BCUT2D eigenvalue weighted by molar-refractivity contribution is 7.09. The lowest BCUT2D eigenvalue weighted by atomic mass is 10.2. The van der Waals surface area contributed by atoms with Crippen molar-refractivity contribution >= 4 is 17.3 Å². The highest BCUT2D eigenvalue weighted by atomic mass is 32.1. The van der Waals surface area contributed by atoms with Gasteiger partial charge in [-0.05, 0) is 13.8 Å². The molecule has 1 aromatic rings. The Hall–Kier alpha value is -1.35. The average molecular weight is 349 g/mol. The van der Waals surface area contributed by atoms with Gasteiger partial charge >= 0.3 is 6.18 Å². The summed E-state index contributed by atoms with van der Waals surface area (Å²) >= 11 is 1.58. The van der Waals surface area contributed by atoms with Crippen LogP contribution in [0.15, 0.2) is 10.4 Å². The van der Waals surface area contributed by atoms with Gasteiger partial charge < -0.3 is 10.2 Å². The molecule has 1 aliphatic heterocycles. The van der Waals surface area contributed by atoms with Crippen LogP contribution in [-0.2, 0) is 6.54 Å². The van der Waals surface area contributed by atoms with E-state index in [4.69, 9.17) is 0 Å². The van der Waals surface area contributed by atoms with Crippen molar-refractivity contribution in [2.45, 2.75) is 32.6 Å². The molecule has 0 aromatic carbocycles. The molecule has 1 N–H and O–H groups in total. The maximum absolute atomic E-state index is 12.8. The third-order valence-electron chi connectivity index (χ3n) is 3.91. The average Bonchev–Trinajstić information content (AvgIpc) is 2.92. The fourth-order valence-electron chi connectivity index (χ4n) is 2.50. The van der Waals surface area contributed by atoms with E-state index < -0.39 is 12.2 Å². The summed E-state index contributed by atoms with van der Waals surface area (Å²) in [6.07, 6.45) is -4.18. The highest BCUT2D eigenvalue weighted by Gasteiger charge is 2.41. The number of thiazole rings is 1. The van der Waals surface area contributed by atoms with E-state index in [0.29, 0.717) is 38.7 Å². The number of hydrogen-bond donors (Lipinski definition) is 1. The van der Waals surface area contributed by atoms with Crippen LogP contribution in [0.4, 0.5) is 13.2 Å². The van der Waals surface area contributed by atoms with E-state index in [2.05, 4.69) is 15.3 Å². The molecule has 1 atom stereocenters.